The first kappa shape index (κ1) is 13.8. The van der Waals surface area contributed by atoms with Crippen molar-refractivity contribution in [3.63, 3.8) is 0 Å². The lowest BCUT2D eigenvalue weighted by atomic mass is 10.0. The van der Waals surface area contributed by atoms with Crippen LogP contribution in [0.3, 0.4) is 0 Å². The predicted octanol–water partition coefficient (Wildman–Crippen LogP) is 1.59. The number of aromatic hydroxyl groups is 2. The average molecular weight is 239 g/mol. The lowest BCUT2D eigenvalue weighted by molar-refractivity contribution is 0.243. The SMILES string of the molecule is CC(C)C(CCO)NCc1cccc(O)c1O. The number of nitrogens with one attached hydrogen (secondary N) is 1. The highest BCUT2D eigenvalue weighted by Crippen LogP contribution is 2.28. The molecule has 0 fully saturated rings. The van der Waals surface area contributed by atoms with Crippen LogP contribution in [-0.4, -0.2) is 28.0 Å². The Hall–Kier alpha value is -1.26. The summed E-state index contributed by atoms with van der Waals surface area (Å²) < 4.78 is 0. The average Bonchev–Trinajstić information content (AvgIpc) is 2.29. The van der Waals surface area contributed by atoms with E-state index in [0.29, 0.717) is 24.4 Å². The fourth-order valence-electron chi connectivity index (χ4n) is 1.77. The van der Waals surface area contributed by atoms with Gasteiger partial charge in [-0.1, -0.05) is 26.0 Å². The van der Waals surface area contributed by atoms with Crippen LogP contribution < -0.4 is 5.32 Å². The van der Waals surface area contributed by atoms with E-state index in [1.54, 1.807) is 12.1 Å². The zero-order valence-electron chi connectivity index (χ0n) is 10.3. The van der Waals surface area contributed by atoms with Crippen molar-refractivity contribution >= 4 is 0 Å². The first-order valence-corrected chi connectivity index (χ1v) is 5.90. The van der Waals surface area contributed by atoms with E-state index in [-0.39, 0.29) is 24.1 Å². The second-order valence-electron chi connectivity index (χ2n) is 4.53. The zero-order valence-corrected chi connectivity index (χ0v) is 10.3. The van der Waals surface area contributed by atoms with Crippen LogP contribution in [0.25, 0.3) is 0 Å². The molecule has 0 radical (unpaired) electrons. The molecule has 0 spiro atoms. The van der Waals surface area contributed by atoms with Gasteiger partial charge in [-0.2, -0.15) is 0 Å². The van der Waals surface area contributed by atoms with Gasteiger partial charge in [-0.05, 0) is 18.4 Å². The third-order valence-electron chi connectivity index (χ3n) is 2.90. The minimum Gasteiger partial charge on any atom is -0.504 e. The van der Waals surface area contributed by atoms with Crippen LogP contribution >= 0.6 is 0 Å². The number of hydrogen-bond acceptors (Lipinski definition) is 4. The van der Waals surface area contributed by atoms with Crippen LogP contribution in [-0.2, 0) is 6.54 Å². The molecule has 0 aliphatic rings. The van der Waals surface area contributed by atoms with E-state index in [2.05, 4.69) is 19.2 Å². The monoisotopic (exact) mass is 239 g/mol. The first-order valence-electron chi connectivity index (χ1n) is 5.90. The second-order valence-corrected chi connectivity index (χ2v) is 4.53. The molecule has 1 rings (SSSR count). The summed E-state index contributed by atoms with van der Waals surface area (Å²) in [5.74, 6) is 0.223. The van der Waals surface area contributed by atoms with Gasteiger partial charge in [-0.3, -0.25) is 0 Å². The Bertz CT molecular complexity index is 353. The first-order chi connectivity index (χ1) is 8.06. The Morgan fingerprint density at radius 2 is 1.94 bits per heavy atom. The van der Waals surface area contributed by atoms with Crippen LogP contribution in [0.5, 0.6) is 11.5 Å². The van der Waals surface area contributed by atoms with Crippen LogP contribution in [0.1, 0.15) is 25.8 Å². The van der Waals surface area contributed by atoms with Crippen LogP contribution in [0, 0.1) is 5.92 Å². The Kier molecular flexibility index (Phi) is 5.25. The Labute approximate surface area is 102 Å². The summed E-state index contributed by atoms with van der Waals surface area (Å²) in [6.07, 6.45) is 0.678. The molecular formula is C13H21NO3. The minimum atomic E-state index is -0.104. The van der Waals surface area contributed by atoms with E-state index in [9.17, 15) is 10.2 Å². The van der Waals surface area contributed by atoms with Crippen LogP contribution in [0.2, 0.25) is 0 Å². The van der Waals surface area contributed by atoms with Crippen molar-refractivity contribution in [2.45, 2.75) is 32.9 Å². The summed E-state index contributed by atoms with van der Waals surface area (Å²) in [4.78, 5) is 0. The highest BCUT2D eigenvalue weighted by molar-refractivity contribution is 5.44. The standard InChI is InChI=1S/C13H21NO3/c1-9(2)11(6-7-15)14-8-10-4-3-5-12(16)13(10)17/h3-5,9,11,14-17H,6-8H2,1-2H3. The van der Waals surface area contributed by atoms with Gasteiger partial charge in [0.1, 0.15) is 0 Å². The molecular weight excluding hydrogens is 218 g/mol. The third kappa shape index (κ3) is 3.91. The topological polar surface area (TPSA) is 72.7 Å². The molecule has 1 atom stereocenters. The van der Waals surface area contributed by atoms with Gasteiger partial charge in [0.25, 0.3) is 0 Å². The molecule has 17 heavy (non-hydrogen) atoms. The maximum absolute atomic E-state index is 9.64. The Balaban J connectivity index is 2.62. The summed E-state index contributed by atoms with van der Waals surface area (Å²) in [5.41, 5.74) is 0.661. The van der Waals surface area contributed by atoms with Crippen molar-refractivity contribution in [1.82, 2.24) is 5.32 Å². The number of benzene rings is 1. The second kappa shape index (κ2) is 6.47. The lowest BCUT2D eigenvalue weighted by Crippen LogP contribution is -2.34. The van der Waals surface area contributed by atoms with Gasteiger partial charge in [-0.15, -0.1) is 0 Å². The quantitative estimate of drug-likeness (QED) is 0.569. The molecule has 0 aliphatic carbocycles. The van der Waals surface area contributed by atoms with E-state index in [1.165, 1.54) is 6.07 Å². The van der Waals surface area contributed by atoms with E-state index < -0.39 is 0 Å². The van der Waals surface area contributed by atoms with E-state index >= 15 is 0 Å². The molecule has 1 unspecified atom stereocenters. The Morgan fingerprint density at radius 1 is 1.24 bits per heavy atom. The maximum atomic E-state index is 9.64. The van der Waals surface area contributed by atoms with Gasteiger partial charge in [-0.25, -0.2) is 0 Å². The van der Waals surface area contributed by atoms with Crippen molar-refractivity contribution < 1.29 is 15.3 Å². The van der Waals surface area contributed by atoms with Crippen LogP contribution in [0.15, 0.2) is 18.2 Å². The number of rotatable bonds is 6. The summed E-state index contributed by atoms with van der Waals surface area (Å²) in [6.45, 7) is 4.77. The van der Waals surface area contributed by atoms with Gasteiger partial charge in [0, 0.05) is 24.8 Å². The molecule has 0 bridgehead atoms. The summed E-state index contributed by atoms with van der Waals surface area (Å²) in [6, 6.07) is 5.11. The van der Waals surface area contributed by atoms with E-state index in [1.807, 2.05) is 0 Å². The summed E-state index contributed by atoms with van der Waals surface area (Å²) >= 11 is 0. The normalized spacial score (nSPS) is 12.9. The molecule has 1 aromatic rings. The molecule has 0 heterocycles. The fourth-order valence-corrected chi connectivity index (χ4v) is 1.77. The number of phenolic OH excluding ortho intramolecular Hbond substituents is 2. The molecule has 0 amide bonds. The number of aliphatic hydroxyl groups is 1. The van der Waals surface area contributed by atoms with Crippen molar-refractivity contribution in [3.05, 3.63) is 23.8 Å². The Morgan fingerprint density at radius 3 is 2.53 bits per heavy atom. The maximum Gasteiger partial charge on any atom is 0.161 e. The number of para-hydroxylation sites is 1. The third-order valence-corrected chi connectivity index (χ3v) is 2.90. The smallest absolute Gasteiger partial charge is 0.161 e. The molecule has 0 saturated heterocycles. The van der Waals surface area contributed by atoms with Crippen molar-refractivity contribution in [1.29, 1.82) is 0 Å². The van der Waals surface area contributed by atoms with Gasteiger partial charge in [0.2, 0.25) is 0 Å². The van der Waals surface area contributed by atoms with Gasteiger partial charge < -0.3 is 20.6 Å². The van der Waals surface area contributed by atoms with Crippen LogP contribution in [0.4, 0.5) is 0 Å². The van der Waals surface area contributed by atoms with E-state index in [0.717, 1.165) is 0 Å². The molecule has 0 saturated carbocycles. The summed E-state index contributed by atoms with van der Waals surface area (Å²) in [7, 11) is 0. The number of aliphatic hydroxyl groups excluding tert-OH is 1. The fraction of sp³-hybridized carbons (Fsp3) is 0.538. The van der Waals surface area contributed by atoms with Crippen molar-refractivity contribution in [2.24, 2.45) is 5.92 Å². The number of hydrogen-bond donors (Lipinski definition) is 4. The molecule has 0 aliphatic heterocycles. The van der Waals surface area contributed by atoms with Crippen molar-refractivity contribution in [2.75, 3.05) is 6.61 Å². The number of phenols is 2. The molecule has 0 aromatic heterocycles. The highest BCUT2D eigenvalue weighted by atomic mass is 16.3. The van der Waals surface area contributed by atoms with Gasteiger partial charge in [0.05, 0.1) is 0 Å². The highest BCUT2D eigenvalue weighted by Gasteiger charge is 2.13. The summed E-state index contributed by atoms with van der Waals surface area (Å²) in [5, 5.41) is 31.2. The van der Waals surface area contributed by atoms with Gasteiger partial charge >= 0.3 is 0 Å². The zero-order chi connectivity index (χ0) is 12.8. The molecule has 1 aromatic carbocycles. The minimum absolute atomic E-state index is 0.0773. The molecule has 4 N–H and O–H groups in total. The van der Waals surface area contributed by atoms with E-state index in [4.69, 9.17) is 5.11 Å². The molecule has 96 valence electrons. The van der Waals surface area contributed by atoms with Crippen molar-refractivity contribution in [3.8, 4) is 11.5 Å². The predicted molar refractivity (Wildman–Crippen MR) is 66.9 cm³/mol. The molecule has 4 heteroatoms. The molecule has 4 nitrogen and oxygen atoms in total. The van der Waals surface area contributed by atoms with Gasteiger partial charge in [0.15, 0.2) is 11.5 Å². The largest absolute Gasteiger partial charge is 0.504 e. The lowest BCUT2D eigenvalue weighted by Gasteiger charge is -2.21.